The van der Waals surface area contributed by atoms with Crippen LogP contribution in [0.2, 0.25) is 0 Å². The Labute approximate surface area is 167 Å². The van der Waals surface area contributed by atoms with Crippen molar-refractivity contribution in [2.45, 2.75) is 85.0 Å². The quantitative estimate of drug-likeness (QED) is 0.508. The summed E-state index contributed by atoms with van der Waals surface area (Å²) in [4.78, 5) is 11.2. The van der Waals surface area contributed by atoms with Crippen LogP contribution < -0.4 is 0 Å². The van der Waals surface area contributed by atoms with Crippen LogP contribution in [0.15, 0.2) is 48.1 Å². The molecule has 0 bridgehead atoms. The van der Waals surface area contributed by atoms with Crippen molar-refractivity contribution in [1.29, 1.82) is 0 Å². The van der Waals surface area contributed by atoms with E-state index in [0.717, 1.165) is 18.8 Å². The smallest absolute Gasteiger partial charge is 0.136 e. The average molecular weight is 367 g/mol. The predicted molar refractivity (Wildman–Crippen MR) is 117 cm³/mol. The van der Waals surface area contributed by atoms with E-state index in [1.807, 2.05) is 0 Å². The summed E-state index contributed by atoms with van der Waals surface area (Å²) in [6.45, 7) is 6.04. The molecule has 0 spiro atoms. The van der Waals surface area contributed by atoms with Crippen LogP contribution in [-0.2, 0) is 11.2 Å². The van der Waals surface area contributed by atoms with Crippen molar-refractivity contribution < 1.29 is 4.79 Å². The van der Waals surface area contributed by atoms with Gasteiger partial charge in [-0.15, -0.1) is 0 Å². The normalized spacial score (nSPS) is 20.7. The molecule has 1 aromatic carbocycles. The molecule has 0 saturated carbocycles. The van der Waals surface area contributed by atoms with Crippen LogP contribution >= 0.6 is 0 Å². The molecule has 0 unspecified atom stereocenters. The van der Waals surface area contributed by atoms with E-state index in [2.05, 4.69) is 56.3 Å². The fraction of sp³-hybridized carbons (Fsp3) is 0.577. The molecular weight excluding hydrogens is 328 g/mol. The Bertz CT molecular complexity index is 610. The van der Waals surface area contributed by atoms with E-state index in [0.29, 0.717) is 5.78 Å². The van der Waals surface area contributed by atoms with Gasteiger partial charge < -0.3 is 0 Å². The summed E-state index contributed by atoms with van der Waals surface area (Å²) in [5.41, 5.74) is 4.35. The van der Waals surface area contributed by atoms with Gasteiger partial charge in [0.05, 0.1) is 0 Å². The Morgan fingerprint density at radius 2 is 1.67 bits per heavy atom. The number of ketones is 1. The first kappa shape index (κ1) is 21.7. The van der Waals surface area contributed by atoms with Crippen LogP contribution in [0.1, 0.15) is 82.8 Å². The third kappa shape index (κ3) is 8.28. The summed E-state index contributed by atoms with van der Waals surface area (Å²) in [7, 11) is 0. The summed E-state index contributed by atoms with van der Waals surface area (Å²) in [6.07, 6.45) is 19.3. The van der Waals surface area contributed by atoms with Gasteiger partial charge in [0.1, 0.15) is 5.78 Å². The van der Waals surface area contributed by atoms with Crippen LogP contribution in [0, 0.1) is 18.8 Å². The highest BCUT2D eigenvalue weighted by atomic mass is 16.1. The second-order valence-electron chi connectivity index (χ2n) is 8.32. The molecule has 0 saturated heterocycles. The Hall–Kier alpha value is -1.63. The number of carbonyl (C=O) groups is 1. The Morgan fingerprint density at radius 1 is 1.00 bits per heavy atom. The van der Waals surface area contributed by atoms with Gasteiger partial charge in [-0.25, -0.2) is 0 Å². The molecule has 0 aliphatic heterocycles. The van der Waals surface area contributed by atoms with E-state index >= 15 is 0 Å². The van der Waals surface area contributed by atoms with Crippen molar-refractivity contribution in [1.82, 2.24) is 0 Å². The first-order chi connectivity index (χ1) is 13.1. The van der Waals surface area contributed by atoms with Gasteiger partial charge in [0.25, 0.3) is 0 Å². The molecule has 0 fully saturated rings. The number of rotatable bonds is 4. The summed E-state index contributed by atoms with van der Waals surface area (Å²) in [5, 5.41) is 0. The number of hydrogen-bond donors (Lipinski definition) is 0. The fourth-order valence-corrected chi connectivity index (χ4v) is 4.09. The van der Waals surface area contributed by atoms with E-state index in [9.17, 15) is 4.79 Å². The topological polar surface area (TPSA) is 17.1 Å². The average Bonchev–Trinajstić information content (AvgIpc) is 3.07. The number of hydrogen-bond acceptors (Lipinski definition) is 1. The fourth-order valence-electron chi connectivity index (χ4n) is 4.09. The maximum atomic E-state index is 11.2. The molecule has 0 aromatic heterocycles. The predicted octanol–water partition coefficient (Wildman–Crippen LogP) is 7.39. The Balaban J connectivity index is 0.000000199. The van der Waals surface area contributed by atoms with E-state index in [-0.39, 0.29) is 5.92 Å². The SMILES string of the molecule is CCC1=C[C@H](C(C)=O)CCCC1.Cc1ccc(CC2CCC=CCC2)cc1. The number of allylic oxidation sites excluding steroid dienone is 4. The van der Waals surface area contributed by atoms with Gasteiger partial charge in [-0.2, -0.15) is 0 Å². The van der Waals surface area contributed by atoms with Crippen LogP contribution in [-0.4, -0.2) is 5.78 Å². The van der Waals surface area contributed by atoms with Gasteiger partial charge in [-0.1, -0.05) is 67.0 Å². The highest BCUT2D eigenvalue weighted by molar-refractivity contribution is 5.80. The van der Waals surface area contributed by atoms with Crippen molar-refractivity contribution in [3.05, 3.63) is 59.2 Å². The third-order valence-electron chi connectivity index (χ3n) is 5.97. The Kier molecular flexibility index (Phi) is 9.59. The first-order valence-electron chi connectivity index (χ1n) is 11.0. The van der Waals surface area contributed by atoms with Gasteiger partial charge in [0.15, 0.2) is 0 Å². The number of Topliss-reactive ketones (excluding diaryl/α,β-unsaturated/α-hetero) is 1. The zero-order valence-corrected chi connectivity index (χ0v) is 17.7. The van der Waals surface area contributed by atoms with E-state index in [1.54, 1.807) is 6.92 Å². The minimum absolute atomic E-state index is 0.224. The van der Waals surface area contributed by atoms with Crippen LogP contribution in [0.25, 0.3) is 0 Å². The third-order valence-corrected chi connectivity index (χ3v) is 5.97. The monoisotopic (exact) mass is 366 g/mol. The summed E-state index contributed by atoms with van der Waals surface area (Å²) in [6, 6.07) is 9.02. The summed E-state index contributed by atoms with van der Waals surface area (Å²) in [5.74, 6) is 1.45. The highest BCUT2D eigenvalue weighted by Crippen LogP contribution is 2.24. The molecule has 2 aliphatic carbocycles. The van der Waals surface area contributed by atoms with E-state index < -0.39 is 0 Å². The molecule has 1 atom stereocenters. The minimum atomic E-state index is 0.224. The molecule has 1 nitrogen and oxygen atoms in total. The van der Waals surface area contributed by atoms with Gasteiger partial charge >= 0.3 is 0 Å². The lowest BCUT2D eigenvalue weighted by molar-refractivity contribution is -0.119. The lowest BCUT2D eigenvalue weighted by Gasteiger charge is -2.13. The molecule has 27 heavy (non-hydrogen) atoms. The van der Waals surface area contributed by atoms with Crippen molar-refractivity contribution in [2.75, 3.05) is 0 Å². The van der Waals surface area contributed by atoms with Crippen LogP contribution in [0.5, 0.6) is 0 Å². The van der Waals surface area contributed by atoms with E-state index in [1.165, 1.54) is 68.1 Å². The second-order valence-corrected chi connectivity index (χ2v) is 8.32. The zero-order chi connectivity index (χ0) is 19.5. The maximum absolute atomic E-state index is 11.2. The van der Waals surface area contributed by atoms with Crippen molar-refractivity contribution in [3.63, 3.8) is 0 Å². The highest BCUT2D eigenvalue weighted by Gasteiger charge is 2.14. The first-order valence-corrected chi connectivity index (χ1v) is 11.0. The van der Waals surface area contributed by atoms with Crippen molar-refractivity contribution >= 4 is 5.78 Å². The molecule has 148 valence electrons. The lowest BCUT2D eigenvalue weighted by Crippen LogP contribution is -2.07. The molecule has 1 heteroatoms. The molecule has 0 amide bonds. The standard InChI is InChI=1S/C15H20.C11H18O/c1-13-8-10-15(11-9-13)12-14-6-4-2-3-5-7-14;1-3-10-6-4-5-7-11(8-10)9(2)12/h2-3,8-11,14H,4-7,12H2,1H3;8,11H,3-7H2,1-2H3/t;11-/m.1/s1. The number of carbonyl (C=O) groups excluding carboxylic acids is 1. The Morgan fingerprint density at radius 3 is 2.26 bits per heavy atom. The number of benzene rings is 1. The minimum Gasteiger partial charge on any atom is -0.299 e. The summed E-state index contributed by atoms with van der Waals surface area (Å²) < 4.78 is 0. The lowest BCUT2D eigenvalue weighted by atomic mass is 9.92. The van der Waals surface area contributed by atoms with Crippen LogP contribution in [0.4, 0.5) is 0 Å². The van der Waals surface area contributed by atoms with E-state index in [4.69, 9.17) is 0 Å². The summed E-state index contributed by atoms with van der Waals surface area (Å²) >= 11 is 0. The maximum Gasteiger partial charge on any atom is 0.136 e. The van der Waals surface area contributed by atoms with Crippen molar-refractivity contribution in [2.24, 2.45) is 11.8 Å². The molecule has 0 radical (unpaired) electrons. The van der Waals surface area contributed by atoms with Crippen molar-refractivity contribution in [3.8, 4) is 0 Å². The van der Waals surface area contributed by atoms with Gasteiger partial charge in [0.2, 0.25) is 0 Å². The van der Waals surface area contributed by atoms with Gasteiger partial charge in [0, 0.05) is 5.92 Å². The molecule has 1 aromatic rings. The molecular formula is C26H38O. The second kappa shape index (κ2) is 12.0. The molecule has 3 rings (SSSR count). The largest absolute Gasteiger partial charge is 0.299 e. The van der Waals surface area contributed by atoms with Gasteiger partial charge in [-0.3, -0.25) is 4.79 Å². The molecule has 0 heterocycles. The van der Waals surface area contributed by atoms with Gasteiger partial charge in [-0.05, 0) is 83.1 Å². The van der Waals surface area contributed by atoms with Crippen LogP contribution in [0.3, 0.4) is 0 Å². The molecule has 2 aliphatic rings. The number of aryl methyl sites for hydroxylation is 1. The molecule has 0 N–H and O–H groups in total. The zero-order valence-electron chi connectivity index (χ0n) is 17.7.